The highest BCUT2D eigenvalue weighted by Gasteiger charge is 2.19. The van der Waals surface area contributed by atoms with Gasteiger partial charge in [-0.25, -0.2) is 0 Å². The molecule has 0 aromatic heterocycles. The number of nitrogens with zero attached hydrogens (tertiary/aromatic N) is 1. The maximum Gasteiger partial charge on any atom is 0.253 e. The van der Waals surface area contributed by atoms with Crippen LogP contribution < -0.4 is 10.6 Å². The summed E-state index contributed by atoms with van der Waals surface area (Å²) in [6.07, 6.45) is 2.18. The molecule has 0 unspecified atom stereocenters. The zero-order chi connectivity index (χ0) is 14.4. The SMILES string of the molecule is CCNCC(=O)Nc1ccc(C(=O)N2CCCC2)cc1. The van der Waals surface area contributed by atoms with Gasteiger partial charge >= 0.3 is 0 Å². The van der Waals surface area contributed by atoms with E-state index in [2.05, 4.69) is 10.6 Å². The number of likely N-dealkylation sites (N-methyl/N-ethyl adjacent to an activating group) is 1. The van der Waals surface area contributed by atoms with Crippen LogP contribution >= 0.6 is 0 Å². The lowest BCUT2D eigenvalue weighted by atomic mass is 10.2. The van der Waals surface area contributed by atoms with Gasteiger partial charge in [-0.05, 0) is 43.7 Å². The summed E-state index contributed by atoms with van der Waals surface area (Å²) in [5.41, 5.74) is 1.39. The van der Waals surface area contributed by atoms with E-state index in [0.29, 0.717) is 17.8 Å². The first-order chi connectivity index (χ1) is 9.70. The molecule has 0 atom stereocenters. The summed E-state index contributed by atoms with van der Waals surface area (Å²) in [5, 5.41) is 5.75. The molecule has 1 aromatic carbocycles. The molecule has 2 rings (SSSR count). The second-order valence-electron chi connectivity index (χ2n) is 4.91. The minimum atomic E-state index is -0.0783. The summed E-state index contributed by atoms with van der Waals surface area (Å²) in [4.78, 5) is 25.6. The molecule has 1 heterocycles. The Morgan fingerprint density at radius 2 is 1.80 bits per heavy atom. The normalized spacial score (nSPS) is 14.3. The van der Waals surface area contributed by atoms with Crippen LogP contribution in [0.1, 0.15) is 30.1 Å². The van der Waals surface area contributed by atoms with Gasteiger partial charge < -0.3 is 15.5 Å². The molecular weight excluding hydrogens is 254 g/mol. The summed E-state index contributed by atoms with van der Waals surface area (Å²) in [6.45, 7) is 4.70. The smallest absolute Gasteiger partial charge is 0.253 e. The van der Waals surface area contributed by atoms with Gasteiger partial charge in [0.25, 0.3) is 5.91 Å². The second-order valence-corrected chi connectivity index (χ2v) is 4.91. The van der Waals surface area contributed by atoms with Crippen molar-refractivity contribution in [3.8, 4) is 0 Å². The largest absolute Gasteiger partial charge is 0.339 e. The summed E-state index contributed by atoms with van der Waals surface area (Å²) in [7, 11) is 0. The number of amides is 2. The Bertz CT molecular complexity index is 465. The molecule has 0 saturated carbocycles. The number of carbonyl (C=O) groups excluding carboxylic acids is 2. The van der Waals surface area contributed by atoms with Gasteiger partial charge in [-0.1, -0.05) is 6.92 Å². The molecule has 1 aliphatic heterocycles. The fraction of sp³-hybridized carbons (Fsp3) is 0.467. The summed E-state index contributed by atoms with van der Waals surface area (Å²) in [6, 6.07) is 7.08. The Hall–Kier alpha value is -1.88. The average Bonchev–Trinajstić information content (AvgIpc) is 2.99. The molecule has 0 spiro atoms. The fourth-order valence-corrected chi connectivity index (χ4v) is 2.24. The zero-order valence-corrected chi connectivity index (χ0v) is 11.8. The number of hydrogen-bond acceptors (Lipinski definition) is 3. The second kappa shape index (κ2) is 7.05. The molecule has 108 valence electrons. The van der Waals surface area contributed by atoms with E-state index in [4.69, 9.17) is 0 Å². The van der Waals surface area contributed by atoms with Crippen LogP contribution in [0.25, 0.3) is 0 Å². The lowest BCUT2D eigenvalue weighted by Crippen LogP contribution is -2.28. The first kappa shape index (κ1) is 14.5. The molecule has 0 bridgehead atoms. The molecule has 0 aliphatic carbocycles. The van der Waals surface area contributed by atoms with E-state index < -0.39 is 0 Å². The highest BCUT2D eigenvalue weighted by Crippen LogP contribution is 2.15. The highest BCUT2D eigenvalue weighted by molar-refractivity contribution is 5.96. The minimum absolute atomic E-state index is 0.0769. The van der Waals surface area contributed by atoms with Crippen molar-refractivity contribution in [2.45, 2.75) is 19.8 Å². The first-order valence-corrected chi connectivity index (χ1v) is 7.10. The average molecular weight is 275 g/mol. The van der Waals surface area contributed by atoms with Crippen molar-refractivity contribution in [2.24, 2.45) is 0 Å². The molecular formula is C15H21N3O2. The zero-order valence-electron chi connectivity index (χ0n) is 11.8. The van der Waals surface area contributed by atoms with Crippen LogP contribution in [0.2, 0.25) is 0 Å². The van der Waals surface area contributed by atoms with Gasteiger partial charge in [-0.3, -0.25) is 9.59 Å². The predicted octanol–water partition coefficient (Wildman–Crippen LogP) is 1.47. The number of hydrogen-bond donors (Lipinski definition) is 2. The van der Waals surface area contributed by atoms with Crippen LogP contribution in [-0.2, 0) is 4.79 Å². The van der Waals surface area contributed by atoms with Crippen molar-refractivity contribution < 1.29 is 9.59 Å². The van der Waals surface area contributed by atoms with E-state index in [0.717, 1.165) is 32.5 Å². The van der Waals surface area contributed by atoms with Crippen LogP contribution in [0.5, 0.6) is 0 Å². The van der Waals surface area contributed by atoms with Gasteiger partial charge in [-0.2, -0.15) is 0 Å². The predicted molar refractivity (Wildman–Crippen MR) is 78.8 cm³/mol. The van der Waals surface area contributed by atoms with Gasteiger partial charge in [0.1, 0.15) is 0 Å². The Labute approximate surface area is 119 Å². The number of likely N-dealkylation sites (tertiary alicyclic amines) is 1. The number of anilines is 1. The third-order valence-electron chi connectivity index (χ3n) is 3.34. The lowest BCUT2D eigenvalue weighted by molar-refractivity contribution is -0.115. The Morgan fingerprint density at radius 1 is 1.15 bits per heavy atom. The summed E-state index contributed by atoms with van der Waals surface area (Å²) in [5.74, 6) is -0.00139. The number of benzene rings is 1. The lowest BCUT2D eigenvalue weighted by Gasteiger charge is -2.15. The molecule has 5 nitrogen and oxygen atoms in total. The third kappa shape index (κ3) is 3.81. The van der Waals surface area contributed by atoms with Crippen LogP contribution in [-0.4, -0.2) is 42.9 Å². The van der Waals surface area contributed by atoms with Gasteiger partial charge in [0.2, 0.25) is 5.91 Å². The van der Waals surface area contributed by atoms with Crippen molar-refractivity contribution in [1.29, 1.82) is 0 Å². The maximum atomic E-state index is 12.2. The third-order valence-corrected chi connectivity index (χ3v) is 3.34. The Balaban J connectivity index is 1.92. The molecule has 2 amide bonds. The van der Waals surface area contributed by atoms with E-state index in [1.807, 2.05) is 11.8 Å². The van der Waals surface area contributed by atoms with E-state index in [1.165, 1.54) is 0 Å². The van der Waals surface area contributed by atoms with Gasteiger partial charge in [-0.15, -0.1) is 0 Å². The highest BCUT2D eigenvalue weighted by atomic mass is 16.2. The van der Waals surface area contributed by atoms with Crippen molar-refractivity contribution in [3.05, 3.63) is 29.8 Å². The number of nitrogens with one attached hydrogen (secondary N) is 2. The van der Waals surface area contributed by atoms with E-state index in [9.17, 15) is 9.59 Å². The molecule has 5 heteroatoms. The molecule has 1 fully saturated rings. The molecule has 1 aliphatic rings. The fourth-order valence-electron chi connectivity index (χ4n) is 2.24. The van der Waals surface area contributed by atoms with E-state index in [-0.39, 0.29) is 11.8 Å². The Kier molecular flexibility index (Phi) is 5.12. The maximum absolute atomic E-state index is 12.2. The number of carbonyl (C=O) groups is 2. The van der Waals surface area contributed by atoms with Crippen LogP contribution in [0, 0.1) is 0 Å². The van der Waals surface area contributed by atoms with Gasteiger partial charge in [0, 0.05) is 24.3 Å². The van der Waals surface area contributed by atoms with Crippen molar-refractivity contribution >= 4 is 17.5 Å². The topological polar surface area (TPSA) is 61.4 Å². The molecule has 1 aromatic rings. The van der Waals surface area contributed by atoms with Crippen LogP contribution in [0.4, 0.5) is 5.69 Å². The standard InChI is InChI=1S/C15H21N3O2/c1-2-16-11-14(19)17-13-7-5-12(6-8-13)15(20)18-9-3-4-10-18/h5-8,16H,2-4,9-11H2,1H3,(H,17,19). The van der Waals surface area contributed by atoms with Crippen LogP contribution in [0.15, 0.2) is 24.3 Å². The minimum Gasteiger partial charge on any atom is -0.339 e. The van der Waals surface area contributed by atoms with Gasteiger partial charge in [0.15, 0.2) is 0 Å². The van der Waals surface area contributed by atoms with Crippen molar-refractivity contribution in [2.75, 3.05) is 31.5 Å². The quantitative estimate of drug-likeness (QED) is 0.855. The molecule has 2 N–H and O–H groups in total. The van der Waals surface area contributed by atoms with Crippen molar-refractivity contribution in [3.63, 3.8) is 0 Å². The summed E-state index contributed by atoms with van der Waals surface area (Å²) < 4.78 is 0. The van der Waals surface area contributed by atoms with E-state index >= 15 is 0 Å². The first-order valence-electron chi connectivity index (χ1n) is 7.10. The molecule has 20 heavy (non-hydrogen) atoms. The Morgan fingerprint density at radius 3 is 2.40 bits per heavy atom. The van der Waals surface area contributed by atoms with Crippen LogP contribution in [0.3, 0.4) is 0 Å². The molecule has 1 saturated heterocycles. The molecule has 0 radical (unpaired) electrons. The number of rotatable bonds is 5. The monoisotopic (exact) mass is 275 g/mol. The summed E-state index contributed by atoms with van der Waals surface area (Å²) >= 11 is 0. The van der Waals surface area contributed by atoms with Crippen molar-refractivity contribution in [1.82, 2.24) is 10.2 Å². The van der Waals surface area contributed by atoms with E-state index in [1.54, 1.807) is 24.3 Å². The van der Waals surface area contributed by atoms with Gasteiger partial charge in [0.05, 0.1) is 6.54 Å².